The van der Waals surface area contributed by atoms with Gasteiger partial charge in [-0.1, -0.05) is 37.5 Å². The Morgan fingerprint density at radius 2 is 1.90 bits per heavy atom. The molecule has 0 aromatic rings. The van der Waals surface area contributed by atoms with Gasteiger partial charge in [0.15, 0.2) is 5.78 Å². The number of aliphatic hydroxyl groups excluding tert-OH is 1. The molecule has 158 valence electrons. The smallest absolute Gasteiger partial charge is 0.159 e. The van der Waals surface area contributed by atoms with Crippen LogP contribution in [0.2, 0.25) is 0 Å². The molecule has 4 fully saturated rings. The van der Waals surface area contributed by atoms with Crippen molar-refractivity contribution in [3.63, 3.8) is 0 Å². The van der Waals surface area contributed by atoms with Crippen LogP contribution in [0.25, 0.3) is 0 Å². The minimum Gasteiger partial charge on any atom is -0.393 e. The number of hydrogen-bond acceptors (Lipinski definition) is 2. The first kappa shape index (κ1) is 18.8. The van der Waals surface area contributed by atoms with Crippen LogP contribution < -0.4 is 0 Å². The highest BCUT2D eigenvalue weighted by Gasteiger charge is 2.64. The summed E-state index contributed by atoms with van der Waals surface area (Å²) in [4.78, 5) is 13.4. The van der Waals surface area contributed by atoms with E-state index >= 15 is 0 Å². The van der Waals surface area contributed by atoms with Crippen LogP contribution in [0.1, 0.15) is 84.5 Å². The van der Waals surface area contributed by atoms with Gasteiger partial charge < -0.3 is 5.11 Å². The average molecular weight is 395 g/mol. The molecule has 29 heavy (non-hydrogen) atoms. The minimum atomic E-state index is -0.123. The van der Waals surface area contributed by atoms with Crippen molar-refractivity contribution < 1.29 is 9.90 Å². The van der Waals surface area contributed by atoms with Crippen molar-refractivity contribution in [3.05, 3.63) is 23.3 Å². The van der Waals surface area contributed by atoms with Crippen LogP contribution in [-0.2, 0) is 4.79 Å². The van der Waals surface area contributed by atoms with Gasteiger partial charge in [0, 0.05) is 5.92 Å². The zero-order valence-corrected chi connectivity index (χ0v) is 18.3. The van der Waals surface area contributed by atoms with E-state index < -0.39 is 0 Å². The SMILES string of the molecule is C[C@]12CC[C@H]3[C@@H](CC=C4C[C@H](O)CC[C@@]43C)[C@@H]1C[C@H]1[C@H]3CCCCC3=CC(=O)[C@@H]12. The maximum Gasteiger partial charge on any atom is 0.159 e. The van der Waals surface area contributed by atoms with Crippen molar-refractivity contribution in [2.24, 2.45) is 46.3 Å². The zero-order valence-electron chi connectivity index (χ0n) is 18.3. The Morgan fingerprint density at radius 1 is 1.03 bits per heavy atom. The number of fused-ring (bicyclic) bond motifs is 9. The van der Waals surface area contributed by atoms with E-state index in [1.807, 2.05) is 0 Å². The normalized spacial score (nSPS) is 53.6. The van der Waals surface area contributed by atoms with Gasteiger partial charge in [0.1, 0.15) is 0 Å². The van der Waals surface area contributed by atoms with Crippen molar-refractivity contribution in [1.82, 2.24) is 0 Å². The summed E-state index contributed by atoms with van der Waals surface area (Å²) in [5.74, 6) is 4.37. The molecule has 0 heterocycles. The second-order valence-electron chi connectivity index (χ2n) is 12.1. The molecule has 9 atom stereocenters. The van der Waals surface area contributed by atoms with Gasteiger partial charge in [-0.15, -0.1) is 0 Å². The van der Waals surface area contributed by atoms with E-state index in [1.165, 1.54) is 56.9 Å². The molecule has 0 bridgehead atoms. The highest BCUT2D eigenvalue weighted by atomic mass is 16.3. The van der Waals surface area contributed by atoms with Gasteiger partial charge in [0.05, 0.1) is 6.10 Å². The molecule has 0 aromatic carbocycles. The molecule has 1 N–H and O–H groups in total. The van der Waals surface area contributed by atoms with Gasteiger partial charge >= 0.3 is 0 Å². The van der Waals surface area contributed by atoms with Crippen molar-refractivity contribution in [2.75, 3.05) is 0 Å². The Kier molecular flexibility index (Phi) is 4.10. The maximum absolute atomic E-state index is 13.4. The van der Waals surface area contributed by atoms with Gasteiger partial charge in [0.25, 0.3) is 0 Å². The highest BCUT2D eigenvalue weighted by Crippen LogP contribution is 2.69. The molecule has 6 aliphatic carbocycles. The van der Waals surface area contributed by atoms with Crippen molar-refractivity contribution in [1.29, 1.82) is 0 Å². The number of carbonyl (C=O) groups is 1. The van der Waals surface area contributed by atoms with Crippen LogP contribution in [0.4, 0.5) is 0 Å². The predicted molar refractivity (Wildman–Crippen MR) is 115 cm³/mol. The third kappa shape index (κ3) is 2.47. The number of rotatable bonds is 0. The lowest BCUT2D eigenvalue weighted by atomic mass is 9.47. The molecule has 0 aromatic heterocycles. The van der Waals surface area contributed by atoms with Crippen molar-refractivity contribution in [2.45, 2.75) is 90.6 Å². The second kappa shape index (κ2) is 6.31. The van der Waals surface area contributed by atoms with Crippen molar-refractivity contribution in [3.8, 4) is 0 Å². The number of carbonyl (C=O) groups excluding carboxylic acids is 1. The van der Waals surface area contributed by atoms with E-state index in [0.29, 0.717) is 29.0 Å². The van der Waals surface area contributed by atoms with Gasteiger partial charge in [0.2, 0.25) is 0 Å². The van der Waals surface area contributed by atoms with E-state index in [2.05, 4.69) is 26.0 Å². The summed E-state index contributed by atoms with van der Waals surface area (Å²) in [6, 6.07) is 0. The lowest BCUT2D eigenvalue weighted by Crippen LogP contribution is -2.51. The van der Waals surface area contributed by atoms with E-state index in [0.717, 1.165) is 37.0 Å². The lowest BCUT2D eigenvalue weighted by Gasteiger charge is -2.58. The maximum atomic E-state index is 13.4. The number of aliphatic hydroxyl groups is 1. The van der Waals surface area contributed by atoms with Crippen LogP contribution in [0.3, 0.4) is 0 Å². The molecule has 0 spiro atoms. The minimum absolute atomic E-state index is 0.123. The Hall–Kier alpha value is -0.890. The largest absolute Gasteiger partial charge is 0.393 e. The molecule has 0 aliphatic heterocycles. The number of hydrogen-bond donors (Lipinski definition) is 1. The summed E-state index contributed by atoms with van der Waals surface area (Å²) >= 11 is 0. The van der Waals surface area contributed by atoms with Crippen molar-refractivity contribution >= 4 is 5.78 Å². The van der Waals surface area contributed by atoms with Gasteiger partial charge in [-0.25, -0.2) is 0 Å². The predicted octanol–water partition coefficient (Wildman–Crippen LogP) is 5.85. The molecule has 0 radical (unpaired) electrons. The van der Waals surface area contributed by atoms with Gasteiger partial charge in [-0.2, -0.15) is 0 Å². The van der Waals surface area contributed by atoms with Crippen LogP contribution in [0.5, 0.6) is 0 Å². The summed E-state index contributed by atoms with van der Waals surface area (Å²) < 4.78 is 0. The quantitative estimate of drug-likeness (QED) is 0.523. The summed E-state index contributed by atoms with van der Waals surface area (Å²) in [6.07, 6.45) is 17.8. The van der Waals surface area contributed by atoms with E-state index in [4.69, 9.17) is 0 Å². The summed E-state index contributed by atoms with van der Waals surface area (Å²) in [6.45, 7) is 5.02. The molecular weight excluding hydrogens is 356 g/mol. The molecule has 4 saturated carbocycles. The zero-order chi connectivity index (χ0) is 20.0. The van der Waals surface area contributed by atoms with Gasteiger partial charge in [-0.05, 0) is 111 Å². The van der Waals surface area contributed by atoms with Crippen LogP contribution in [-0.4, -0.2) is 17.0 Å². The molecule has 6 rings (SSSR count). The Morgan fingerprint density at radius 3 is 2.76 bits per heavy atom. The number of ketones is 1. The number of allylic oxidation sites excluding steroid dienone is 3. The molecular formula is C27H38O2. The second-order valence-corrected chi connectivity index (χ2v) is 12.1. The van der Waals surface area contributed by atoms with E-state index in [1.54, 1.807) is 5.57 Å². The lowest BCUT2D eigenvalue weighted by molar-refractivity contribution is -0.128. The molecule has 6 aliphatic rings. The Balaban J connectivity index is 1.36. The van der Waals surface area contributed by atoms with E-state index in [9.17, 15) is 9.90 Å². The topological polar surface area (TPSA) is 37.3 Å². The fraction of sp³-hybridized carbons (Fsp3) is 0.815. The first-order valence-corrected chi connectivity index (χ1v) is 12.5. The molecule has 0 unspecified atom stereocenters. The Bertz CT molecular complexity index is 792. The molecule has 0 amide bonds. The summed E-state index contributed by atoms with van der Waals surface area (Å²) in [7, 11) is 0. The monoisotopic (exact) mass is 394 g/mol. The molecule has 2 heteroatoms. The molecule has 2 nitrogen and oxygen atoms in total. The van der Waals surface area contributed by atoms with Crippen LogP contribution in [0.15, 0.2) is 23.3 Å². The highest BCUT2D eigenvalue weighted by molar-refractivity contribution is 5.94. The average Bonchev–Trinajstić information content (AvgIpc) is 3.03. The first-order valence-electron chi connectivity index (χ1n) is 12.5. The summed E-state index contributed by atoms with van der Waals surface area (Å²) in [5, 5.41) is 10.2. The van der Waals surface area contributed by atoms with E-state index in [-0.39, 0.29) is 11.5 Å². The molecule has 0 saturated heterocycles. The first-order chi connectivity index (χ1) is 13.9. The standard InChI is InChI=1S/C27H38O2/c1-26-11-9-18(28)14-17(26)7-8-20-22(26)10-12-27(2)23(20)15-21-19-6-4-3-5-16(19)13-24(29)25(21)27/h7,13,18-23,25,28H,3-6,8-12,14-15H2,1-2H3/t18-,19+,20-,21+,22+,23+,25-,26+,27+/m1/s1. The van der Waals surface area contributed by atoms with Crippen LogP contribution >= 0.6 is 0 Å². The van der Waals surface area contributed by atoms with Gasteiger partial charge in [-0.3, -0.25) is 4.79 Å². The third-order valence-corrected chi connectivity index (χ3v) is 11.0. The third-order valence-electron chi connectivity index (χ3n) is 11.0. The van der Waals surface area contributed by atoms with Crippen LogP contribution in [0, 0.1) is 46.3 Å². The summed E-state index contributed by atoms with van der Waals surface area (Å²) in [5.41, 5.74) is 3.59. The fourth-order valence-electron chi connectivity index (χ4n) is 9.68. The Labute approximate surface area is 176 Å². The fourth-order valence-corrected chi connectivity index (χ4v) is 9.68.